The molecule has 0 amide bonds. The van der Waals surface area contributed by atoms with E-state index in [0.29, 0.717) is 5.56 Å². The van der Waals surface area contributed by atoms with Crippen LogP contribution in [0.5, 0.6) is 0 Å². The molecule has 2 N–H and O–H groups in total. The molecule has 14 heavy (non-hydrogen) atoms. The Kier molecular flexibility index (Phi) is 3.36. The number of hydrogen-bond donors (Lipinski definition) is 2. The van der Waals surface area contributed by atoms with Crippen molar-refractivity contribution < 1.29 is 19.8 Å². The molecule has 0 saturated heterocycles. The number of rotatable bonds is 4. The Morgan fingerprint density at radius 2 is 1.79 bits per heavy atom. The molecule has 0 aliphatic rings. The van der Waals surface area contributed by atoms with Crippen LogP contribution in [0.2, 0.25) is 0 Å². The third kappa shape index (κ3) is 2.67. The number of carbonyl (C=O) groups is 2. The predicted octanol–water partition coefficient (Wildman–Crippen LogP) is 0.705. The first kappa shape index (κ1) is 10.4. The number of aliphatic hydroxyl groups is 1. The van der Waals surface area contributed by atoms with Crippen LogP contribution in [0.4, 0.5) is 0 Å². The van der Waals surface area contributed by atoms with Gasteiger partial charge in [-0.1, -0.05) is 30.3 Å². The summed E-state index contributed by atoms with van der Waals surface area (Å²) in [5, 5.41) is 17.3. The summed E-state index contributed by atoms with van der Waals surface area (Å²) in [4.78, 5) is 21.6. The third-order valence-electron chi connectivity index (χ3n) is 1.76. The highest BCUT2D eigenvalue weighted by atomic mass is 16.4. The highest BCUT2D eigenvalue weighted by Gasteiger charge is 2.18. The number of carbonyl (C=O) groups excluding carboxylic acids is 1. The molecule has 0 radical (unpaired) electrons. The average molecular weight is 194 g/mol. The number of carboxylic acid groups (broad SMARTS) is 1. The second kappa shape index (κ2) is 4.53. The Morgan fingerprint density at radius 1 is 1.21 bits per heavy atom. The summed E-state index contributed by atoms with van der Waals surface area (Å²) in [7, 11) is 0. The van der Waals surface area contributed by atoms with Gasteiger partial charge in [0.05, 0.1) is 0 Å². The van der Waals surface area contributed by atoms with Crippen molar-refractivity contribution in [1.29, 1.82) is 0 Å². The zero-order chi connectivity index (χ0) is 10.6. The first-order valence-electron chi connectivity index (χ1n) is 4.10. The predicted molar refractivity (Wildman–Crippen MR) is 49.0 cm³/mol. The molecule has 0 bridgehead atoms. The number of Topliss-reactive ketones (excluding diaryl/α,β-unsaturated/α-hetero) is 1. The van der Waals surface area contributed by atoms with E-state index in [2.05, 4.69) is 0 Å². The van der Waals surface area contributed by atoms with Crippen molar-refractivity contribution in [3.8, 4) is 0 Å². The second-order valence-electron chi connectivity index (χ2n) is 2.85. The quantitative estimate of drug-likeness (QED) is 0.692. The van der Waals surface area contributed by atoms with Crippen LogP contribution in [0.15, 0.2) is 30.3 Å². The Labute approximate surface area is 80.8 Å². The van der Waals surface area contributed by atoms with Gasteiger partial charge >= 0.3 is 5.97 Å². The summed E-state index contributed by atoms with van der Waals surface area (Å²) < 4.78 is 0. The van der Waals surface area contributed by atoms with Gasteiger partial charge < -0.3 is 10.2 Å². The Bertz CT molecular complexity index is 331. The monoisotopic (exact) mass is 194 g/mol. The Hall–Kier alpha value is -1.68. The van der Waals surface area contributed by atoms with Gasteiger partial charge in [-0.05, 0) is 0 Å². The summed E-state index contributed by atoms with van der Waals surface area (Å²) in [6.45, 7) is 0. The van der Waals surface area contributed by atoms with E-state index in [9.17, 15) is 9.59 Å². The lowest BCUT2D eigenvalue weighted by atomic mass is 10.1. The van der Waals surface area contributed by atoms with Crippen LogP contribution in [0.3, 0.4) is 0 Å². The van der Waals surface area contributed by atoms with Crippen LogP contribution >= 0.6 is 0 Å². The van der Waals surface area contributed by atoms with E-state index in [1.165, 1.54) is 0 Å². The molecule has 1 rings (SSSR count). The highest BCUT2D eigenvalue weighted by molar-refractivity contribution is 5.98. The molecule has 0 spiro atoms. The van der Waals surface area contributed by atoms with Crippen LogP contribution in [0.25, 0.3) is 0 Å². The molecular weight excluding hydrogens is 184 g/mol. The van der Waals surface area contributed by atoms with E-state index in [4.69, 9.17) is 10.2 Å². The number of aliphatic hydroxyl groups excluding tert-OH is 1. The van der Waals surface area contributed by atoms with Crippen LogP contribution < -0.4 is 0 Å². The van der Waals surface area contributed by atoms with Gasteiger partial charge in [-0.25, -0.2) is 4.79 Å². The number of benzene rings is 1. The van der Waals surface area contributed by atoms with Crippen molar-refractivity contribution in [3.05, 3.63) is 35.9 Å². The Balaban J connectivity index is 2.64. The maximum atomic E-state index is 11.3. The Morgan fingerprint density at radius 3 is 2.29 bits per heavy atom. The SMILES string of the molecule is O=C(C[C@@H](O)C(=O)O)c1ccccc1. The summed E-state index contributed by atoms with van der Waals surface area (Å²) in [6, 6.07) is 8.28. The number of ketones is 1. The largest absolute Gasteiger partial charge is 0.479 e. The zero-order valence-corrected chi connectivity index (χ0v) is 7.38. The summed E-state index contributed by atoms with van der Waals surface area (Å²) in [6.07, 6.45) is -2.01. The molecule has 0 heterocycles. The molecule has 1 aromatic carbocycles. The molecular formula is C10H10O4. The van der Waals surface area contributed by atoms with Gasteiger partial charge in [-0.2, -0.15) is 0 Å². The van der Waals surface area contributed by atoms with Gasteiger partial charge in [0.2, 0.25) is 0 Å². The minimum absolute atomic E-state index is 0.375. The molecule has 1 atom stereocenters. The van der Waals surface area contributed by atoms with E-state index >= 15 is 0 Å². The van der Waals surface area contributed by atoms with Crippen LogP contribution in [-0.4, -0.2) is 28.1 Å². The van der Waals surface area contributed by atoms with Gasteiger partial charge in [0.1, 0.15) is 0 Å². The molecule has 0 fully saturated rings. The van der Waals surface area contributed by atoms with Gasteiger partial charge in [0, 0.05) is 12.0 Å². The van der Waals surface area contributed by atoms with Crippen molar-refractivity contribution in [2.45, 2.75) is 12.5 Å². The second-order valence-corrected chi connectivity index (χ2v) is 2.85. The molecule has 0 aromatic heterocycles. The first-order chi connectivity index (χ1) is 6.61. The molecule has 0 unspecified atom stereocenters. The first-order valence-corrected chi connectivity index (χ1v) is 4.10. The normalized spacial score (nSPS) is 12.1. The smallest absolute Gasteiger partial charge is 0.332 e. The number of carboxylic acids is 1. The van der Waals surface area contributed by atoms with Crippen molar-refractivity contribution in [3.63, 3.8) is 0 Å². The molecule has 74 valence electrons. The summed E-state index contributed by atoms with van der Waals surface area (Å²) >= 11 is 0. The summed E-state index contributed by atoms with van der Waals surface area (Å²) in [5.41, 5.74) is 0.410. The fraction of sp³-hybridized carbons (Fsp3) is 0.200. The lowest BCUT2D eigenvalue weighted by Gasteiger charge is -2.03. The maximum Gasteiger partial charge on any atom is 0.332 e. The van der Waals surface area contributed by atoms with Gasteiger partial charge in [-0.15, -0.1) is 0 Å². The highest BCUT2D eigenvalue weighted by Crippen LogP contribution is 2.05. The minimum atomic E-state index is -1.62. The third-order valence-corrected chi connectivity index (χ3v) is 1.76. The minimum Gasteiger partial charge on any atom is -0.479 e. The van der Waals surface area contributed by atoms with E-state index in [1.807, 2.05) is 0 Å². The topological polar surface area (TPSA) is 74.6 Å². The van der Waals surface area contributed by atoms with Crippen molar-refractivity contribution in [2.24, 2.45) is 0 Å². The van der Waals surface area contributed by atoms with E-state index in [-0.39, 0.29) is 12.2 Å². The fourth-order valence-electron chi connectivity index (χ4n) is 1.00. The van der Waals surface area contributed by atoms with Gasteiger partial charge in [0.15, 0.2) is 11.9 Å². The van der Waals surface area contributed by atoms with Crippen molar-refractivity contribution in [1.82, 2.24) is 0 Å². The molecule has 0 saturated carbocycles. The van der Waals surface area contributed by atoms with Crippen molar-refractivity contribution in [2.75, 3.05) is 0 Å². The standard InChI is InChI=1S/C10H10O4/c11-8(6-9(12)10(13)14)7-4-2-1-3-5-7/h1-5,9,12H,6H2,(H,13,14)/t9-/m1/s1. The van der Waals surface area contributed by atoms with E-state index in [0.717, 1.165) is 0 Å². The maximum absolute atomic E-state index is 11.3. The van der Waals surface area contributed by atoms with Crippen LogP contribution in [0, 0.1) is 0 Å². The molecule has 4 nitrogen and oxygen atoms in total. The number of aliphatic carboxylic acids is 1. The van der Waals surface area contributed by atoms with Crippen LogP contribution in [0.1, 0.15) is 16.8 Å². The molecule has 4 heteroatoms. The number of hydrogen-bond acceptors (Lipinski definition) is 3. The zero-order valence-electron chi connectivity index (χ0n) is 7.38. The average Bonchev–Trinajstić information content (AvgIpc) is 2.19. The molecule has 0 aliphatic heterocycles. The fourth-order valence-corrected chi connectivity index (χ4v) is 1.00. The summed E-state index contributed by atoms with van der Waals surface area (Å²) in [5.74, 6) is -1.75. The lowest BCUT2D eigenvalue weighted by molar-refractivity contribution is -0.146. The van der Waals surface area contributed by atoms with Crippen LogP contribution in [-0.2, 0) is 4.79 Å². The molecule has 0 aliphatic carbocycles. The molecule has 1 aromatic rings. The van der Waals surface area contributed by atoms with Gasteiger partial charge in [0.25, 0.3) is 0 Å². The van der Waals surface area contributed by atoms with Crippen molar-refractivity contribution >= 4 is 11.8 Å². The van der Waals surface area contributed by atoms with E-state index < -0.39 is 12.1 Å². The van der Waals surface area contributed by atoms with Gasteiger partial charge in [-0.3, -0.25) is 4.79 Å². The van der Waals surface area contributed by atoms with E-state index in [1.54, 1.807) is 30.3 Å². The lowest BCUT2D eigenvalue weighted by Crippen LogP contribution is -2.23.